The quantitative estimate of drug-likeness (QED) is 0.604. The van der Waals surface area contributed by atoms with Crippen molar-refractivity contribution in [2.45, 2.75) is 32.0 Å². The van der Waals surface area contributed by atoms with Crippen LogP contribution in [0.3, 0.4) is 0 Å². The van der Waals surface area contributed by atoms with E-state index >= 15 is 0 Å². The van der Waals surface area contributed by atoms with Crippen LogP contribution in [0.1, 0.15) is 17.7 Å². The molecule has 0 aromatic carbocycles. The summed E-state index contributed by atoms with van der Waals surface area (Å²) in [6.07, 6.45) is 3.26. The fourth-order valence-corrected chi connectivity index (χ4v) is 2.65. The zero-order valence-corrected chi connectivity index (χ0v) is 13.2. The number of nitrogens with zero attached hydrogens (tertiary/aromatic N) is 3. The monoisotopic (exact) mass is 241 g/mol. The Hall–Kier alpha value is 0.706. The summed E-state index contributed by atoms with van der Waals surface area (Å²) in [4.78, 5) is 6.81. The largest absolute Gasteiger partial charge is 1.00 e. The Kier molecular flexibility index (Phi) is 4.57. The van der Waals surface area contributed by atoms with Gasteiger partial charge in [-0.15, -0.1) is 13.1 Å². The second-order valence-corrected chi connectivity index (χ2v) is 4.61. The molecule has 3 rings (SSSR count). The molecule has 1 aromatic rings. The topological polar surface area (TPSA) is 30.2 Å². The van der Waals surface area contributed by atoms with Gasteiger partial charge in [0.1, 0.15) is 0 Å². The smallest absolute Gasteiger partial charge is 0.660 e. The molecule has 2 aliphatic rings. The SMILES string of the molecule is Cc1cc(CN2C3C[N-]CC2C3)ccn1.[K+]. The third-order valence-electron chi connectivity index (χ3n) is 3.49. The maximum atomic E-state index is 4.46. The van der Waals surface area contributed by atoms with E-state index in [1.807, 2.05) is 6.20 Å². The predicted molar refractivity (Wildman–Crippen MR) is 59.8 cm³/mol. The van der Waals surface area contributed by atoms with E-state index in [-0.39, 0.29) is 51.4 Å². The molecule has 3 heterocycles. The van der Waals surface area contributed by atoms with E-state index in [0.29, 0.717) is 0 Å². The van der Waals surface area contributed by atoms with Gasteiger partial charge in [-0.3, -0.25) is 9.88 Å². The second kappa shape index (κ2) is 5.57. The molecule has 2 fully saturated rings. The van der Waals surface area contributed by atoms with Gasteiger partial charge in [0.25, 0.3) is 0 Å². The van der Waals surface area contributed by atoms with E-state index in [4.69, 9.17) is 0 Å². The summed E-state index contributed by atoms with van der Waals surface area (Å²) in [6, 6.07) is 5.75. The molecule has 0 radical (unpaired) electrons. The van der Waals surface area contributed by atoms with Gasteiger partial charge in [0, 0.05) is 18.4 Å². The standard InChI is InChI=1S/C12H16N3.K/c1-9-4-10(2-3-14-9)8-15-11-5-12(15)7-13-6-11;/h2-4,11-12H,5-8H2,1H3;/q-1;+1. The summed E-state index contributed by atoms with van der Waals surface area (Å²) in [5.41, 5.74) is 2.50. The molecule has 2 bridgehead atoms. The Morgan fingerprint density at radius 2 is 2.19 bits per heavy atom. The fourth-order valence-electron chi connectivity index (χ4n) is 2.65. The van der Waals surface area contributed by atoms with Crippen LogP contribution in [-0.2, 0) is 6.54 Å². The van der Waals surface area contributed by atoms with E-state index in [0.717, 1.165) is 37.4 Å². The van der Waals surface area contributed by atoms with Crippen molar-refractivity contribution in [3.8, 4) is 0 Å². The van der Waals surface area contributed by atoms with Crippen LogP contribution in [0.5, 0.6) is 0 Å². The van der Waals surface area contributed by atoms with Gasteiger partial charge in [0.05, 0.1) is 0 Å². The molecular weight excluding hydrogens is 225 g/mol. The maximum absolute atomic E-state index is 4.46. The first-order valence-electron chi connectivity index (χ1n) is 5.63. The second-order valence-electron chi connectivity index (χ2n) is 4.61. The van der Waals surface area contributed by atoms with Gasteiger partial charge in [-0.05, 0) is 43.1 Å². The van der Waals surface area contributed by atoms with Gasteiger partial charge in [-0.1, -0.05) is 0 Å². The Bertz CT molecular complexity index is 355. The summed E-state index contributed by atoms with van der Waals surface area (Å²) in [5.74, 6) is 0. The summed E-state index contributed by atoms with van der Waals surface area (Å²) in [5, 5.41) is 4.46. The molecule has 2 atom stereocenters. The number of aromatic nitrogens is 1. The van der Waals surface area contributed by atoms with Crippen molar-refractivity contribution in [1.82, 2.24) is 9.88 Å². The Morgan fingerprint density at radius 3 is 2.81 bits per heavy atom. The minimum absolute atomic E-state index is 0. The third-order valence-corrected chi connectivity index (χ3v) is 3.49. The van der Waals surface area contributed by atoms with Crippen molar-refractivity contribution in [2.75, 3.05) is 13.1 Å². The van der Waals surface area contributed by atoms with E-state index in [1.165, 1.54) is 12.0 Å². The van der Waals surface area contributed by atoms with E-state index in [2.05, 4.69) is 34.3 Å². The molecule has 16 heavy (non-hydrogen) atoms. The van der Waals surface area contributed by atoms with Gasteiger partial charge in [0.2, 0.25) is 0 Å². The van der Waals surface area contributed by atoms with E-state index in [1.54, 1.807) is 0 Å². The molecule has 0 aliphatic carbocycles. The van der Waals surface area contributed by atoms with Crippen LogP contribution in [0.2, 0.25) is 0 Å². The molecule has 3 nitrogen and oxygen atoms in total. The van der Waals surface area contributed by atoms with Crippen LogP contribution >= 0.6 is 0 Å². The van der Waals surface area contributed by atoms with Crippen molar-refractivity contribution >= 4 is 0 Å². The van der Waals surface area contributed by atoms with E-state index in [9.17, 15) is 0 Å². The van der Waals surface area contributed by atoms with Gasteiger partial charge < -0.3 is 5.32 Å². The molecular formula is C12H16KN3. The predicted octanol–water partition coefficient (Wildman–Crippen LogP) is -1.28. The number of hydrogen-bond donors (Lipinski definition) is 0. The molecule has 80 valence electrons. The van der Waals surface area contributed by atoms with Gasteiger partial charge in [-0.2, -0.15) is 0 Å². The van der Waals surface area contributed by atoms with Crippen LogP contribution in [0.4, 0.5) is 0 Å². The Labute approximate surface area is 139 Å². The fraction of sp³-hybridized carbons (Fsp3) is 0.583. The molecule has 0 N–H and O–H groups in total. The molecule has 2 unspecified atom stereocenters. The van der Waals surface area contributed by atoms with Gasteiger partial charge >= 0.3 is 51.4 Å². The number of hydrogen-bond acceptors (Lipinski definition) is 2. The minimum Gasteiger partial charge on any atom is -0.660 e. The average Bonchev–Trinajstić information content (AvgIpc) is 2.27. The van der Waals surface area contributed by atoms with Crippen molar-refractivity contribution in [3.05, 3.63) is 34.9 Å². The van der Waals surface area contributed by atoms with Crippen molar-refractivity contribution in [1.29, 1.82) is 0 Å². The Balaban J connectivity index is 0.000000963. The van der Waals surface area contributed by atoms with Crippen molar-refractivity contribution in [2.24, 2.45) is 0 Å². The van der Waals surface area contributed by atoms with Gasteiger partial charge in [0.15, 0.2) is 0 Å². The first kappa shape index (κ1) is 13.1. The van der Waals surface area contributed by atoms with Crippen molar-refractivity contribution < 1.29 is 51.4 Å². The van der Waals surface area contributed by atoms with Crippen LogP contribution in [-0.4, -0.2) is 35.1 Å². The molecule has 4 heteroatoms. The summed E-state index contributed by atoms with van der Waals surface area (Å²) in [7, 11) is 0. The Morgan fingerprint density at radius 1 is 1.44 bits per heavy atom. The molecule has 0 spiro atoms. The number of pyridine rings is 1. The average molecular weight is 241 g/mol. The van der Waals surface area contributed by atoms with Gasteiger partial charge in [-0.25, -0.2) is 0 Å². The van der Waals surface area contributed by atoms with Crippen LogP contribution in [0.25, 0.3) is 5.32 Å². The molecule has 0 saturated carbocycles. The molecule has 1 aromatic heterocycles. The van der Waals surface area contributed by atoms with Crippen LogP contribution in [0, 0.1) is 6.92 Å². The molecule has 0 amide bonds. The number of fused-ring (bicyclic) bond motifs is 2. The first-order valence-corrected chi connectivity index (χ1v) is 5.63. The van der Waals surface area contributed by atoms with Crippen LogP contribution < -0.4 is 51.4 Å². The number of aryl methyl sites for hydroxylation is 1. The van der Waals surface area contributed by atoms with Crippen molar-refractivity contribution in [3.63, 3.8) is 0 Å². The zero-order valence-electron chi connectivity index (χ0n) is 10.1. The number of rotatable bonds is 2. The zero-order chi connectivity index (χ0) is 10.3. The molecule has 2 saturated heterocycles. The first-order chi connectivity index (χ1) is 7.33. The summed E-state index contributed by atoms with van der Waals surface area (Å²) >= 11 is 0. The number of piperidine rings is 1. The van der Waals surface area contributed by atoms with E-state index < -0.39 is 0 Å². The van der Waals surface area contributed by atoms with Crippen LogP contribution in [0.15, 0.2) is 18.3 Å². The normalized spacial score (nSPS) is 28.1. The molecule has 2 aliphatic heterocycles. The third kappa shape index (κ3) is 2.58. The maximum Gasteiger partial charge on any atom is 1.00 e. The summed E-state index contributed by atoms with van der Waals surface area (Å²) in [6.45, 7) is 5.21. The number of piperazine rings is 1. The summed E-state index contributed by atoms with van der Waals surface area (Å²) < 4.78 is 0. The minimum atomic E-state index is 0.